The van der Waals surface area contributed by atoms with E-state index >= 15 is 0 Å². The number of anilines is 2. The molecule has 2 atom stereocenters. The highest BCUT2D eigenvalue weighted by atomic mass is 16.6. The van der Waals surface area contributed by atoms with Crippen LogP contribution in [0.4, 0.5) is 11.4 Å². The van der Waals surface area contributed by atoms with Crippen molar-refractivity contribution in [3.63, 3.8) is 0 Å². The topological polar surface area (TPSA) is 106 Å². The van der Waals surface area contributed by atoms with Crippen LogP contribution < -0.4 is 10.2 Å². The van der Waals surface area contributed by atoms with Gasteiger partial charge in [-0.2, -0.15) is 5.10 Å². The number of benzene rings is 1. The highest BCUT2D eigenvalue weighted by Gasteiger charge is 2.56. The second kappa shape index (κ2) is 6.04. The third-order valence-corrected chi connectivity index (χ3v) is 4.77. The lowest BCUT2D eigenvalue weighted by Gasteiger charge is -2.16. The van der Waals surface area contributed by atoms with Crippen molar-refractivity contribution in [2.24, 2.45) is 18.1 Å². The fraction of sp³-hybridized carbons (Fsp3) is 0.278. The molecule has 1 N–H and O–H groups in total. The summed E-state index contributed by atoms with van der Waals surface area (Å²) in [5.41, 5.74) is 2.93. The van der Waals surface area contributed by atoms with E-state index < -0.39 is 23.8 Å². The number of amides is 3. The molecule has 1 aromatic carbocycles. The standard InChI is InChI=1S/C18H17N5O4/c1-9-13(8-19-22(9)3)15-14-16(27-21-15)18(26)23(17(14)25)12-6-4-11(5-7-12)20-10(2)24/h4-8,14,16H,1-3H3,(H,20,24). The van der Waals surface area contributed by atoms with Gasteiger partial charge in [-0.1, -0.05) is 5.16 Å². The first kappa shape index (κ1) is 17.0. The van der Waals surface area contributed by atoms with Gasteiger partial charge in [0.2, 0.25) is 17.9 Å². The van der Waals surface area contributed by atoms with Gasteiger partial charge in [-0.3, -0.25) is 19.1 Å². The lowest BCUT2D eigenvalue weighted by Crippen LogP contribution is -2.33. The molecule has 2 aliphatic rings. The van der Waals surface area contributed by atoms with Crippen LogP contribution in [-0.4, -0.2) is 39.3 Å². The summed E-state index contributed by atoms with van der Waals surface area (Å²) in [5, 5.41) is 10.8. The Bertz CT molecular complexity index is 992. The number of nitrogens with zero attached hydrogens (tertiary/aromatic N) is 4. The summed E-state index contributed by atoms with van der Waals surface area (Å²) in [6.45, 7) is 3.26. The fourth-order valence-electron chi connectivity index (χ4n) is 3.30. The monoisotopic (exact) mass is 367 g/mol. The summed E-state index contributed by atoms with van der Waals surface area (Å²) in [6, 6.07) is 6.47. The highest BCUT2D eigenvalue weighted by Crippen LogP contribution is 2.35. The number of oxime groups is 1. The number of imide groups is 1. The van der Waals surface area contributed by atoms with Crippen LogP contribution in [0.15, 0.2) is 35.6 Å². The van der Waals surface area contributed by atoms with E-state index in [0.717, 1.165) is 10.6 Å². The summed E-state index contributed by atoms with van der Waals surface area (Å²) in [7, 11) is 1.79. The molecular weight excluding hydrogens is 350 g/mol. The van der Waals surface area contributed by atoms with Crippen LogP contribution in [0.3, 0.4) is 0 Å². The molecule has 0 aliphatic carbocycles. The molecule has 9 nitrogen and oxygen atoms in total. The van der Waals surface area contributed by atoms with Crippen molar-refractivity contribution in [3.8, 4) is 0 Å². The molecule has 2 aromatic rings. The molecule has 3 amide bonds. The summed E-state index contributed by atoms with van der Waals surface area (Å²) in [6.07, 6.45) is 0.643. The van der Waals surface area contributed by atoms with E-state index in [0.29, 0.717) is 22.6 Å². The third kappa shape index (κ3) is 2.59. The van der Waals surface area contributed by atoms with Crippen LogP contribution in [0.1, 0.15) is 18.2 Å². The molecule has 1 aromatic heterocycles. The zero-order valence-electron chi connectivity index (χ0n) is 15.0. The zero-order chi connectivity index (χ0) is 19.3. The van der Waals surface area contributed by atoms with Gasteiger partial charge < -0.3 is 10.2 Å². The van der Waals surface area contributed by atoms with Crippen molar-refractivity contribution in [2.45, 2.75) is 20.0 Å². The maximum absolute atomic E-state index is 13.0. The first-order chi connectivity index (χ1) is 12.9. The van der Waals surface area contributed by atoms with Crippen molar-refractivity contribution in [1.29, 1.82) is 0 Å². The predicted octanol–water partition coefficient (Wildman–Crippen LogP) is 0.979. The Morgan fingerprint density at radius 2 is 1.89 bits per heavy atom. The Labute approximate surface area is 154 Å². The average molecular weight is 367 g/mol. The molecule has 0 radical (unpaired) electrons. The molecule has 0 bridgehead atoms. The molecule has 2 aliphatic heterocycles. The van der Waals surface area contributed by atoms with Gasteiger partial charge in [-0.05, 0) is 31.2 Å². The predicted molar refractivity (Wildman–Crippen MR) is 96.1 cm³/mol. The first-order valence-corrected chi connectivity index (χ1v) is 8.36. The van der Waals surface area contributed by atoms with Crippen LogP contribution in [0.25, 0.3) is 0 Å². The van der Waals surface area contributed by atoms with Crippen molar-refractivity contribution < 1.29 is 19.2 Å². The third-order valence-electron chi connectivity index (χ3n) is 4.77. The maximum Gasteiger partial charge on any atom is 0.278 e. The normalized spacial score (nSPS) is 21.1. The molecule has 3 heterocycles. The molecule has 9 heteroatoms. The SMILES string of the molecule is CC(=O)Nc1ccc(N2C(=O)C3ON=C(c4cnn(C)c4C)C3C2=O)cc1. The molecule has 1 saturated heterocycles. The van der Waals surface area contributed by atoms with E-state index in [2.05, 4.69) is 15.6 Å². The lowest BCUT2D eigenvalue weighted by molar-refractivity contribution is -0.126. The Balaban J connectivity index is 1.64. The van der Waals surface area contributed by atoms with E-state index in [1.807, 2.05) is 6.92 Å². The minimum atomic E-state index is -0.970. The Morgan fingerprint density at radius 1 is 1.19 bits per heavy atom. The van der Waals surface area contributed by atoms with Gasteiger partial charge in [0.05, 0.1) is 11.9 Å². The Hall–Kier alpha value is -3.49. The van der Waals surface area contributed by atoms with Crippen LogP contribution in [-0.2, 0) is 26.3 Å². The molecular formula is C18H17N5O4. The van der Waals surface area contributed by atoms with E-state index in [1.54, 1.807) is 42.2 Å². The summed E-state index contributed by atoms with van der Waals surface area (Å²) >= 11 is 0. The van der Waals surface area contributed by atoms with Crippen molar-refractivity contribution in [1.82, 2.24) is 9.78 Å². The van der Waals surface area contributed by atoms with Gasteiger partial charge in [-0.25, -0.2) is 4.90 Å². The van der Waals surface area contributed by atoms with Gasteiger partial charge in [0.15, 0.2) is 0 Å². The number of carbonyl (C=O) groups is 3. The summed E-state index contributed by atoms with van der Waals surface area (Å²) < 4.78 is 1.67. The molecule has 138 valence electrons. The van der Waals surface area contributed by atoms with Crippen molar-refractivity contribution in [2.75, 3.05) is 10.2 Å². The lowest BCUT2D eigenvalue weighted by atomic mass is 9.94. The summed E-state index contributed by atoms with van der Waals surface area (Å²) in [5.74, 6) is -1.85. The highest BCUT2D eigenvalue weighted by molar-refractivity contribution is 6.32. The average Bonchev–Trinajstić information content (AvgIpc) is 3.26. The van der Waals surface area contributed by atoms with E-state index in [9.17, 15) is 14.4 Å². The number of carbonyl (C=O) groups excluding carboxylic acids is 3. The van der Waals surface area contributed by atoms with Crippen molar-refractivity contribution >= 4 is 34.8 Å². The maximum atomic E-state index is 13.0. The largest absolute Gasteiger partial charge is 0.381 e. The van der Waals surface area contributed by atoms with Crippen LogP contribution in [0, 0.1) is 12.8 Å². The van der Waals surface area contributed by atoms with Crippen LogP contribution in [0.5, 0.6) is 0 Å². The van der Waals surface area contributed by atoms with Crippen LogP contribution in [0.2, 0.25) is 0 Å². The quantitative estimate of drug-likeness (QED) is 0.814. The molecule has 1 fully saturated rings. The minimum Gasteiger partial charge on any atom is -0.381 e. The number of aromatic nitrogens is 2. The number of rotatable bonds is 3. The van der Waals surface area contributed by atoms with Crippen molar-refractivity contribution in [3.05, 3.63) is 41.7 Å². The van der Waals surface area contributed by atoms with Crippen LogP contribution >= 0.6 is 0 Å². The number of hydrogen-bond donors (Lipinski definition) is 1. The van der Waals surface area contributed by atoms with Gasteiger partial charge in [0.1, 0.15) is 11.6 Å². The number of hydrogen-bond acceptors (Lipinski definition) is 6. The number of fused-ring (bicyclic) bond motifs is 1. The number of nitrogens with one attached hydrogen (secondary N) is 1. The molecule has 2 unspecified atom stereocenters. The van der Waals surface area contributed by atoms with Gasteiger partial charge >= 0.3 is 0 Å². The van der Waals surface area contributed by atoms with E-state index in [4.69, 9.17) is 4.84 Å². The first-order valence-electron chi connectivity index (χ1n) is 8.36. The van der Waals surface area contributed by atoms with Gasteiger partial charge in [0, 0.05) is 30.9 Å². The molecule has 27 heavy (non-hydrogen) atoms. The molecule has 0 saturated carbocycles. The summed E-state index contributed by atoms with van der Waals surface area (Å²) in [4.78, 5) is 43.3. The number of aryl methyl sites for hydroxylation is 1. The zero-order valence-corrected chi connectivity index (χ0v) is 15.0. The Morgan fingerprint density at radius 3 is 2.48 bits per heavy atom. The fourth-order valence-corrected chi connectivity index (χ4v) is 3.30. The van der Waals surface area contributed by atoms with Gasteiger partial charge in [0.25, 0.3) is 5.91 Å². The smallest absolute Gasteiger partial charge is 0.278 e. The molecule has 4 rings (SSSR count). The second-order valence-electron chi connectivity index (χ2n) is 6.49. The Kier molecular flexibility index (Phi) is 3.79. The minimum absolute atomic E-state index is 0.202. The second-order valence-corrected chi connectivity index (χ2v) is 6.49. The van der Waals surface area contributed by atoms with E-state index in [1.165, 1.54) is 6.92 Å². The van der Waals surface area contributed by atoms with Gasteiger partial charge in [-0.15, -0.1) is 0 Å². The molecule has 0 spiro atoms. The van der Waals surface area contributed by atoms with E-state index in [-0.39, 0.29) is 5.91 Å².